The number of hydrogen-bond acceptors (Lipinski definition) is 4. The van der Waals surface area contributed by atoms with E-state index in [4.69, 9.17) is 5.73 Å². The second-order valence-corrected chi connectivity index (χ2v) is 5.82. The van der Waals surface area contributed by atoms with Crippen LogP contribution >= 0.6 is 15.9 Å². The van der Waals surface area contributed by atoms with Crippen LogP contribution in [-0.2, 0) is 22.4 Å². The van der Waals surface area contributed by atoms with Crippen molar-refractivity contribution in [2.75, 3.05) is 0 Å². The zero-order valence-electron chi connectivity index (χ0n) is 13.0. The van der Waals surface area contributed by atoms with Crippen molar-refractivity contribution in [3.8, 4) is 0 Å². The molecule has 10 heteroatoms. The molecule has 25 heavy (non-hydrogen) atoms. The molecule has 0 aliphatic carbocycles. The number of nitrogens with zero attached hydrogens (tertiary/aromatic N) is 3. The molecule has 0 aliphatic heterocycles. The summed E-state index contributed by atoms with van der Waals surface area (Å²) in [7, 11) is 0. The van der Waals surface area contributed by atoms with E-state index in [1.807, 2.05) is 0 Å². The lowest BCUT2D eigenvalue weighted by Crippen LogP contribution is -2.16. The van der Waals surface area contributed by atoms with Crippen molar-refractivity contribution in [3.05, 3.63) is 51.8 Å². The Bertz CT molecular complexity index is 788. The molecule has 0 radical (unpaired) electrons. The maximum Gasteiger partial charge on any atom is 0.436 e. The number of amidine groups is 1. The zero-order chi connectivity index (χ0) is 18.6. The monoisotopic (exact) mass is 418 g/mol. The van der Waals surface area contributed by atoms with Gasteiger partial charge >= 0.3 is 12.1 Å². The normalized spacial score (nSPS) is 12.3. The molecule has 2 rings (SSSR count). The number of benzene rings is 1. The lowest BCUT2D eigenvalue weighted by Gasteiger charge is -2.04. The van der Waals surface area contributed by atoms with Gasteiger partial charge in [-0.2, -0.15) is 18.3 Å². The SMILES string of the molecule is Cc1c(Br)c(C(F)(F)F)nn1CCC(=O)O/N=C(\N)c1ccccc1. The Hall–Kier alpha value is -2.36. The molecule has 2 aromatic rings. The number of aryl methyl sites for hydroxylation is 1. The summed E-state index contributed by atoms with van der Waals surface area (Å²) >= 11 is 2.86. The Labute approximate surface area is 149 Å². The highest BCUT2D eigenvalue weighted by Gasteiger charge is 2.37. The Kier molecular flexibility index (Phi) is 5.83. The first-order chi connectivity index (χ1) is 11.7. The third-order valence-electron chi connectivity index (χ3n) is 3.25. The quantitative estimate of drug-likeness (QED) is 0.349. The number of halogens is 4. The molecule has 0 unspecified atom stereocenters. The van der Waals surface area contributed by atoms with E-state index in [0.29, 0.717) is 5.56 Å². The van der Waals surface area contributed by atoms with Crippen LogP contribution in [0.5, 0.6) is 0 Å². The van der Waals surface area contributed by atoms with Crippen molar-refractivity contribution in [2.45, 2.75) is 26.1 Å². The van der Waals surface area contributed by atoms with Gasteiger partial charge in [-0.15, -0.1) is 0 Å². The second kappa shape index (κ2) is 7.68. The van der Waals surface area contributed by atoms with Gasteiger partial charge in [-0.25, -0.2) is 4.79 Å². The zero-order valence-corrected chi connectivity index (χ0v) is 14.6. The molecule has 0 amide bonds. The molecule has 0 saturated heterocycles. The molecule has 0 spiro atoms. The highest BCUT2D eigenvalue weighted by atomic mass is 79.9. The molecule has 1 aromatic heterocycles. The van der Waals surface area contributed by atoms with Crippen LogP contribution in [-0.4, -0.2) is 21.6 Å². The minimum Gasteiger partial charge on any atom is -0.380 e. The molecule has 1 aromatic carbocycles. The average Bonchev–Trinajstić information content (AvgIpc) is 2.87. The number of hydrogen-bond donors (Lipinski definition) is 1. The second-order valence-electron chi connectivity index (χ2n) is 5.02. The molecule has 134 valence electrons. The van der Waals surface area contributed by atoms with E-state index < -0.39 is 17.8 Å². The highest BCUT2D eigenvalue weighted by molar-refractivity contribution is 9.10. The first-order valence-electron chi connectivity index (χ1n) is 7.09. The van der Waals surface area contributed by atoms with Gasteiger partial charge < -0.3 is 10.6 Å². The first kappa shape index (κ1) is 19.0. The molecule has 1 heterocycles. The van der Waals surface area contributed by atoms with Crippen LogP contribution in [0.2, 0.25) is 0 Å². The lowest BCUT2D eigenvalue weighted by molar-refractivity contribution is -0.144. The molecule has 0 aliphatic rings. The summed E-state index contributed by atoms with van der Waals surface area (Å²) in [5, 5.41) is 6.99. The van der Waals surface area contributed by atoms with E-state index in [9.17, 15) is 18.0 Å². The van der Waals surface area contributed by atoms with Gasteiger partial charge in [0.2, 0.25) is 0 Å². The molecule has 0 fully saturated rings. The van der Waals surface area contributed by atoms with E-state index >= 15 is 0 Å². The van der Waals surface area contributed by atoms with Crippen LogP contribution < -0.4 is 5.73 Å². The van der Waals surface area contributed by atoms with Crippen LogP contribution in [0.1, 0.15) is 23.4 Å². The first-order valence-corrected chi connectivity index (χ1v) is 7.88. The molecule has 0 bridgehead atoms. The van der Waals surface area contributed by atoms with Crippen molar-refractivity contribution in [2.24, 2.45) is 10.9 Å². The van der Waals surface area contributed by atoms with Gasteiger partial charge in [0, 0.05) is 5.56 Å². The maximum absolute atomic E-state index is 12.8. The van der Waals surface area contributed by atoms with Crippen molar-refractivity contribution < 1.29 is 22.8 Å². The maximum atomic E-state index is 12.8. The van der Waals surface area contributed by atoms with Gasteiger partial charge in [0.25, 0.3) is 0 Å². The largest absolute Gasteiger partial charge is 0.436 e. The van der Waals surface area contributed by atoms with Gasteiger partial charge in [-0.3, -0.25) is 4.68 Å². The van der Waals surface area contributed by atoms with Crippen LogP contribution in [0.3, 0.4) is 0 Å². The van der Waals surface area contributed by atoms with Crippen LogP contribution in [0.25, 0.3) is 0 Å². The van der Waals surface area contributed by atoms with Crippen molar-refractivity contribution in [3.63, 3.8) is 0 Å². The van der Waals surface area contributed by atoms with Crippen LogP contribution in [0, 0.1) is 6.92 Å². The summed E-state index contributed by atoms with van der Waals surface area (Å²) < 4.78 is 39.3. The minimum atomic E-state index is -4.58. The van der Waals surface area contributed by atoms with E-state index in [2.05, 4.69) is 31.0 Å². The molecule has 0 saturated carbocycles. The van der Waals surface area contributed by atoms with Gasteiger partial charge in [-0.05, 0) is 22.9 Å². The molecular weight excluding hydrogens is 405 g/mol. The van der Waals surface area contributed by atoms with E-state index in [1.165, 1.54) is 6.92 Å². The fraction of sp³-hybridized carbons (Fsp3) is 0.267. The Balaban J connectivity index is 1.97. The van der Waals surface area contributed by atoms with Gasteiger partial charge in [0.05, 0.1) is 23.1 Å². The molecule has 0 atom stereocenters. The van der Waals surface area contributed by atoms with E-state index in [-0.39, 0.29) is 29.0 Å². The van der Waals surface area contributed by atoms with E-state index in [0.717, 1.165) is 4.68 Å². The number of oxime groups is 1. The number of aromatic nitrogens is 2. The highest BCUT2D eigenvalue weighted by Crippen LogP contribution is 2.35. The third kappa shape index (κ3) is 4.81. The number of alkyl halides is 3. The Morgan fingerprint density at radius 2 is 2.00 bits per heavy atom. The Morgan fingerprint density at radius 1 is 1.36 bits per heavy atom. The summed E-state index contributed by atoms with van der Waals surface area (Å²) in [5.74, 6) is -0.718. The number of carbonyl (C=O) groups is 1. The standard InChI is InChI=1S/C15H14BrF3N4O2/c1-9-12(16)13(15(17,18)19)21-23(9)8-7-11(24)25-22-14(20)10-5-3-2-4-6-10/h2-6H,7-8H2,1H3,(H2,20,22). The number of rotatable bonds is 5. The topological polar surface area (TPSA) is 82.5 Å². The predicted octanol–water partition coefficient (Wildman–Crippen LogP) is 3.23. The van der Waals surface area contributed by atoms with Gasteiger partial charge in [0.15, 0.2) is 11.5 Å². The fourth-order valence-electron chi connectivity index (χ4n) is 1.93. The lowest BCUT2D eigenvalue weighted by atomic mass is 10.2. The Morgan fingerprint density at radius 3 is 2.56 bits per heavy atom. The number of carbonyl (C=O) groups excluding carboxylic acids is 1. The third-order valence-corrected chi connectivity index (χ3v) is 4.19. The number of nitrogens with two attached hydrogens (primary N) is 1. The van der Waals surface area contributed by atoms with Gasteiger partial charge in [0.1, 0.15) is 0 Å². The minimum absolute atomic E-state index is 0.0197. The predicted molar refractivity (Wildman–Crippen MR) is 87.5 cm³/mol. The fourth-order valence-corrected chi connectivity index (χ4v) is 2.44. The van der Waals surface area contributed by atoms with Crippen molar-refractivity contribution in [1.29, 1.82) is 0 Å². The average molecular weight is 419 g/mol. The van der Waals surface area contributed by atoms with Crippen molar-refractivity contribution >= 4 is 27.7 Å². The summed E-state index contributed by atoms with van der Waals surface area (Å²) in [4.78, 5) is 16.4. The smallest absolute Gasteiger partial charge is 0.380 e. The van der Waals surface area contributed by atoms with Crippen molar-refractivity contribution in [1.82, 2.24) is 9.78 Å². The summed E-state index contributed by atoms with van der Waals surface area (Å²) in [5.41, 5.74) is 5.47. The van der Waals surface area contributed by atoms with E-state index in [1.54, 1.807) is 30.3 Å². The summed E-state index contributed by atoms with van der Waals surface area (Å²) in [6.07, 6.45) is -4.79. The van der Waals surface area contributed by atoms with Gasteiger partial charge in [-0.1, -0.05) is 35.5 Å². The molecule has 6 nitrogen and oxygen atoms in total. The summed E-state index contributed by atoms with van der Waals surface area (Å²) in [6.45, 7) is 1.38. The molecule has 2 N–H and O–H groups in total. The van der Waals surface area contributed by atoms with Crippen LogP contribution in [0.4, 0.5) is 13.2 Å². The van der Waals surface area contributed by atoms with Crippen LogP contribution in [0.15, 0.2) is 40.0 Å². The summed E-state index contributed by atoms with van der Waals surface area (Å²) in [6, 6.07) is 8.67. The molecular formula is C15H14BrF3N4O2.